The van der Waals surface area contributed by atoms with E-state index < -0.39 is 0 Å². The third-order valence-corrected chi connectivity index (χ3v) is 7.40. The molecule has 0 heterocycles. The molecule has 5 aromatic rings. The summed E-state index contributed by atoms with van der Waals surface area (Å²) in [7, 11) is 0. The smallest absolute Gasteiger partial charge is 0.119 e. The lowest BCUT2D eigenvalue weighted by Gasteiger charge is -2.17. The molecule has 0 bridgehead atoms. The summed E-state index contributed by atoms with van der Waals surface area (Å²) in [6.07, 6.45) is 2.90. The molecule has 36 heavy (non-hydrogen) atoms. The minimum atomic E-state index is 0.589. The molecule has 1 nitrogen and oxygen atoms in total. The van der Waals surface area contributed by atoms with Crippen LogP contribution < -0.4 is 4.74 Å². The molecule has 0 atom stereocenters. The molecule has 0 aliphatic heterocycles. The van der Waals surface area contributed by atoms with Gasteiger partial charge in [-0.3, -0.25) is 0 Å². The van der Waals surface area contributed by atoms with E-state index >= 15 is 0 Å². The van der Waals surface area contributed by atoms with Crippen LogP contribution in [-0.4, -0.2) is 0 Å². The first-order valence-electron chi connectivity index (χ1n) is 12.8. The maximum absolute atomic E-state index is 6.03. The fourth-order valence-electron chi connectivity index (χ4n) is 5.37. The number of benzene rings is 5. The van der Waals surface area contributed by atoms with Crippen molar-refractivity contribution in [3.63, 3.8) is 0 Å². The summed E-state index contributed by atoms with van der Waals surface area (Å²) in [5, 5.41) is 0. The van der Waals surface area contributed by atoms with E-state index in [1.54, 1.807) is 0 Å². The largest absolute Gasteiger partial charge is 0.489 e. The second kappa shape index (κ2) is 9.87. The van der Waals surface area contributed by atoms with E-state index in [2.05, 4.69) is 104 Å². The maximum atomic E-state index is 6.03. The molecular weight excluding hydrogens is 436 g/mol. The van der Waals surface area contributed by atoms with Crippen LogP contribution in [0.4, 0.5) is 0 Å². The van der Waals surface area contributed by atoms with Gasteiger partial charge in [0.05, 0.1) is 0 Å². The highest BCUT2D eigenvalue weighted by Gasteiger charge is 2.23. The van der Waals surface area contributed by atoms with Crippen LogP contribution in [0.3, 0.4) is 0 Å². The predicted octanol–water partition coefficient (Wildman–Crippen LogP) is 8.33. The number of rotatable bonds is 7. The number of aryl methyl sites for hydroxylation is 1. The summed E-state index contributed by atoms with van der Waals surface area (Å²) in [6.45, 7) is 2.80. The summed E-state index contributed by atoms with van der Waals surface area (Å²) in [6, 6.07) is 41.3. The van der Waals surface area contributed by atoms with Crippen molar-refractivity contribution in [2.45, 2.75) is 32.8 Å². The number of hydrogen-bond donors (Lipinski definition) is 0. The molecule has 0 fully saturated rings. The number of ether oxygens (including phenoxy) is 1. The van der Waals surface area contributed by atoms with Gasteiger partial charge < -0.3 is 4.74 Å². The van der Waals surface area contributed by atoms with Gasteiger partial charge in [-0.1, -0.05) is 103 Å². The maximum Gasteiger partial charge on any atom is 0.119 e. The van der Waals surface area contributed by atoms with E-state index in [0.717, 1.165) is 25.0 Å². The first-order valence-corrected chi connectivity index (χ1v) is 12.8. The van der Waals surface area contributed by atoms with Gasteiger partial charge in [-0.25, -0.2) is 0 Å². The molecule has 0 N–H and O–H groups in total. The van der Waals surface area contributed by atoms with Gasteiger partial charge in [0, 0.05) is 0 Å². The van der Waals surface area contributed by atoms with E-state index in [0.29, 0.717) is 6.61 Å². The fourth-order valence-corrected chi connectivity index (χ4v) is 5.37. The quantitative estimate of drug-likeness (QED) is 0.230. The Labute approximate surface area is 214 Å². The Morgan fingerprint density at radius 2 is 1.33 bits per heavy atom. The molecule has 0 spiro atoms. The lowest BCUT2D eigenvalue weighted by Crippen LogP contribution is -2.03. The summed E-state index contributed by atoms with van der Waals surface area (Å²) in [5.41, 5.74) is 13.9. The molecule has 0 aromatic heterocycles. The van der Waals surface area contributed by atoms with Crippen molar-refractivity contribution in [3.8, 4) is 16.9 Å². The molecular formula is C35H30O. The van der Waals surface area contributed by atoms with Crippen molar-refractivity contribution >= 4 is 0 Å². The second-order valence-electron chi connectivity index (χ2n) is 9.76. The highest BCUT2D eigenvalue weighted by atomic mass is 16.5. The van der Waals surface area contributed by atoms with E-state index in [1.807, 2.05) is 18.2 Å². The van der Waals surface area contributed by atoms with Gasteiger partial charge in [0.25, 0.3) is 0 Å². The molecule has 176 valence electrons. The van der Waals surface area contributed by atoms with Gasteiger partial charge >= 0.3 is 0 Å². The monoisotopic (exact) mass is 466 g/mol. The minimum Gasteiger partial charge on any atom is -0.489 e. The van der Waals surface area contributed by atoms with Crippen molar-refractivity contribution in [2.75, 3.05) is 0 Å². The molecule has 0 unspecified atom stereocenters. The topological polar surface area (TPSA) is 9.23 Å². The van der Waals surface area contributed by atoms with Gasteiger partial charge in [-0.15, -0.1) is 0 Å². The van der Waals surface area contributed by atoms with Crippen LogP contribution in [0.2, 0.25) is 0 Å². The van der Waals surface area contributed by atoms with Crippen LogP contribution in [0.1, 0.15) is 44.5 Å². The van der Waals surface area contributed by atoms with Gasteiger partial charge in [-0.2, -0.15) is 0 Å². The zero-order chi connectivity index (χ0) is 24.3. The van der Waals surface area contributed by atoms with Crippen LogP contribution >= 0.6 is 0 Å². The van der Waals surface area contributed by atoms with Crippen LogP contribution in [0.5, 0.6) is 5.75 Å². The lowest BCUT2D eigenvalue weighted by molar-refractivity contribution is 0.306. The summed E-state index contributed by atoms with van der Waals surface area (Å²) in [5.74, 6) is 0.911. The average molecular weight is 467 g/mol. The Morgan fingerprint density at radius 1 is 0.583 bits per heavy atom. The van der Waals surface area contributed by atoms with Crippen molar-refractivity contribution in [1.29, 1.82) is 0 Å². The first kappa shape index (κ1) is 22.4. The van der Waals surface area contributed by atoms with Crippen molar-refractivity contribution in [2.24, 2.45) is 0 Å². The zero-order valence-corrected chi connectivity index (χ0v) is 20.7. The second-order valence-corrected chi connectivity index (χ2v) is 9.76. The van der Waals surface area contributed by atoms with E-state index in [1.165, 1.54) is 55.6 Å². The Kier molecular flexibility index (Phi) is 6.13. The first-order chi connectivity index (χ1) is 17.7. The summed E-state index contributed by atoms with van der Waals surface area (Å²) in [4.78, 5) is 0. The number of hydrogen-bond acceptors (Lipinski definition) is 1. The Balaban J connectivity index is 1.30. The van der Waals surface area contributed by atoms with Crippen LogP contribution in [0, 0.1) is 6.92 Å². The van der Waals surface area contributed by atoms with Crippen molar-refractivity contribution in [1.82, 2.24) is 0 Å². The molecule has 1 aliphatic carbocycles. The van der Waals surface area contributed by atoms with Gasteiger partial charge in [0.2, 0.25) is 0 Å². The zero-order valence-electron chi connectivity index (χ0n) is 20.7. The molecule has 6 rings (SSSR count). The summed E-state index contributed by atoms with van der Waals surface area (Å²) < 4.78 is 6.03. The highest BCUT2D eigenvalue weighted by Crippen LogP contribution is 2.40. The van der Waals surface area contributed by atoms with Crippen molar-refractivity contribution in [3.05, 3.63) is 160 Å². The molecule has 0 radical (unpaired) electrons. The molecule has 1 heteroatoms. The van der Waals surface area contributed by atoms with Crippen LogP contribution in [-0.2, 0) is 25.9 Å². The number of fused-ring (bicyclic) bond motifs is 3. The third kappa shape index (κ3) is 4.57. The fraction of sp³-hybridized carbons (Fsp3) is 0.143. The molecule has 0 saturated heterocycles. The Bertz CT molecular complexity index is 1500. The Hall–Kier alpha value is -4.10. The molecule has 1 aliphatic rings. The lowest BCUT2D eigenvalue weighted by atomic mass is 9.88. The average Bonchev–Trinajstić information content (AvgIpc) is 3.30. The standard InChI is InChI=1S/C35H30O/c1-25-9-5-6-12-28(25)22-30-17-20-33-32-14-8-7-13-29(32)23-35(33)34(30)21-26-15-18-31(19-16-26)36-24-27-10-3-2-4-11-27/h2-20H,21-24H2,1H3. The van der Waals surface area contributed by atoms with Gasteiger partial charge in [-0.05, 0) is 94.0 Å². The van der Waals surface area contributed by atoms with Gasteiger partial charge in [0.1, 0.15) is 12.4 Å². The van der Waals surface area contributed by atoms with Crippen LogP contribution in [0.25, 0.3) is 11.1 Å². The van der Waals surface area contributed by atoms with Crippen LogP contribution in [0.15, 0.2) is 115 Å². The van der Waals surface area contributed by atoms with Crippen molar-refractivity contribution < 1.29 is 4.74 Å². The summed E-state index contributed by atoms with van der Waals surface area (Å²) >= 11 is 0. The van der Waals surface area contributed by atoms with E-state index in [9.17, 15) is 0 Å². The van der Waals surface area contributed by atoms with E-state index in [4.69, 9.17) is 4.74 Å². The highest BCUT2D eigenvalue weighted by molar-refractivity contribution is 5.78. The normalized spacial score (nSPS) is 11.7. The van der Waals surface area contributed by atoms with E-state index in [-0.39, 0.29) is 0 Å². The SMILES string of the molecule is Cc1ccccc1Cc1ccc2c(c1Cc1ccc(OCc3ccccc3)cc1)Cc1ccccc1-2. The molecule has 5 aromatic carbocycles. The van der Waals surface area contributed by atoms with Gasteiger partial charge in [0.15, 0.2) is 0 Å². The minimum absolute atomic E-state index is 0.589. The molecule has 0 saturated carbocycles. The predicted molar refractivity (Wildman–Crippen MR) is 149 cm³/mol. The molecule has 0 amide bonds. The third-order valence-electron chi connectivity index (χ3n) is 7.40. The Morgan fingerprint density at radius 3 is 2.17 bits per heavy atom.